The van der Waals surface area contributed by atoms with Crippen LogP contribution in [-0.4, -0.2) is 30.3 Å². The highest BCUT2D eigenvalue weighted by Crippen LogP contribution is 2.20. The van der Waals surface area contributed by atoms with Crippen molar-refractivity contribution in [2.75, 3.05) is 19.5 Å². The smallest absolute Gasteiger partial charge is 0.227 e. The van der Waals surface area contributed by atoms with E-state index in [4.69, 9.17) is 9.47 Å². The molecule has 1 rings (SSSR count). The second-order valence-electron chi connectivity index (χ2n) is 2.47. The van der Waals surface area contributed by atoms with Crippen molar-refractivity contribution < 1.29 is 14.3 Å². The minimum atomic E-state index is -0.0722. The van der Waals surface area contributed by atoms with Gasteiger partial charge in [-0.2, -0.15) is 4.98 Å². The van der Waals surface area contributed by atoms with Crippen LogP contribution < -0.4 is 9.47 Å². The zero-order valence-corrected chi connectivity index (χ0v) is 9.50. The molecule has 0 amide bonds. The first kappa shape index (κ1) is 11.0. The fourth-order valence-corrected chi connectivity index (χ4v) is 1.28. The standard InChI is InChI=1S/C9H10BrNO3/c1-13-8-4-3-6(7(12)5-10)9(11-8)14-2/h3-4H,5H2,1-2H3. The van der Waals surface area contributed by atoms with E-state index in [-0.39, 0.29) is 17.0 Å². The number of methoxy groups -OCH3 is 2. The topological polar surface area (TPSA) is 48.4 Å². The Kier molecular flexibility index (Phi) is 3.88. The molecule has 1 heterocycles. The lowest BCUT2D eigenvalue weighted by atomic mass is 10.2. The highest BCUT2D eigenvalue weighted by molar-refractivity contribution is 9.09. The number of alkyl halides is 1. The summed E-state index contributed by atoms with van der Waals surface area (Å²) < 4.78 is 9.89. The van der Waals surface area contributed by atoms with Crippen molar-refractivity contribution in [2.24, 2.45) is 0 Å². The molecule has 0 radical (unpaired) electrons. The van der Waals surface area contributed by atoms with Crippen molar-refractivity contribution >= 4 is 21.7 Å². The molecule has 0 atom stereocenters. The third-order valence-corrected chi connectivity index (χ3v) is 2.17. The van der Waals surface area contributed by atoms with Gasteiger partial charge in [0.25, 0.3) is 0 Å². The lowest BCUT2D eigenvalue weighted by Gasteiger charge is -2.06. The van der Waals surface area contributed by atoms with Gasteiger partial charge >= 0.3 is 0 Å². The van der Waals surface area contributed by atoms with Crippen molar-refractivity contribution in [3.8, 4) is 11.8 Å². The van der Waals surface area contributed by atoms with Gasteiger partial charge in [-0.1, -0.05) is 15.9 Å². The first-order chi connectivity index (χ1) is 6.72. The number of nitrogens with zero attached hydrogens (tertiary/aromatic N) is 1. The van der Waals surface area contributed by atoms with Gasteiger partial charge in [-0.25, -0.2) is 0 Å². The summed E-state index contributed by atoms with van der Waals surface area (Å²) in [6.07, 6.45) is 0. The van der Waals surface area contributed by atoms with Crippen LogP contribution in [0.15, 0.2) is 12.1 Å². The predicted octanol–water partition coefficient (Wildman–Crippen LogP) is 1.68. The number of Topliss-reactive ketones (excluding diaryl/α,β-unsaturated/α-hetero) is 1. The zero-order chi connectivity index (χ0) is 10.6. The number of rotatable bonds is 4. The molecule has 0 N–H and O–H groups in total. The molecule has 5 heteroatoms. The number of carbonyl (C=O) groups excluding carboxylic acids is 1. The van der Waals surface area contributed by atoms with Gasteiger partial charge in [-0.05, 0) is 6.07 Å². The van der Waals surface area contributed by atoms with E-state index in [1.54, 1.807) is 12.1 Å². The Hall–Kier alpha value is -1.10. The molecule has 4 nitrogen and oxygen atoms in total. The van der Waals surface area contributed by atoms with E-state index in [0.717, 1.165) is 0 Å². The number of carbonyl (C=O) groups is 1. The Morgan fingerprint density at radius 2 is 2.14 bits per heavy atom. The van der Waals surface area contributed by atoms with E-state index in [1.165, 1.54) is 14.2 Å². The number of hydrogen-bond donors (Lipinski definition) is 0. The van der Waals surface area contributed by atoms with Crippen LogP contribution in [0.4, 0.5) is 0 Å². The van der Waals surface area contributed by atoms with Gasteiger partial charge in [0, 0.05) is 6.07 Å². The van der Waals surface area contributed by atoms with Gasteiger partial charge < -0.3 is 9.47 Å². The van der Waals surface area contributed by atoms with Crippen LogP contribution in [0.25, 0.3) is 0 Å². The Morgan fingerprint density at radius 1 is 1.43 bits per heavy atom. The van der Waals surface area contributed by atoms with Crippen LogP contribution in [0.2, 0.25) is 0 Å². The SMILES string of the molecule is COc1ccc(C(=O)CBr)c(OC)n1. The molecule has 0 bridgehead atoms. The molecule has 0 aliphatic carbocycles. The highest BCUT2D eigenvalue weighted by atomic mass is 79.9. The summed E-state index contributed by atoms with van der Waals surface area (Å²) in [6, 6.07) is 3.26. The Morgan fingerprint density at radius 3 is 2.64 bits per heavy atom. The summed E-state index contributed by atoms with van der Waals surface area (Å²) in [5, 5.41) is 0.247. The summed E-state index contributed by atoms with van der Waals surface area (Å²) in [4.78, 5) is 15.4. The molecule has 0 aromatic carbocycles. The molecule has 0 spiro atoms. The zero-order valence-electron chi connectivity index (χ0n) is 7.91. The van der Waals surface area contributed by atoms with Crippen LogP contribution in [0.3, 0.4) is 0 Å². The van der Waals surface area contributed by atoms with E-state index < -0.39 is 0 Å². The fraction of sp³-hybridized carbons (Fsp3) is 0.333. The van der Waals surface area contributed by atoms with Gasteiger partial charge in [0.15, 0.2) is 5.78 Å². The van der Waals surface area contributed by atoms with Crippen molar-refractivity contribution in [2.45, 2.75) is 0 Å². The van der Waals surface area contributed by atoms with Crippen molar-refractivity contribution in [1.82, 2.24) is 4.98 Å². The van der Waals surface area contributed by atoms with Gasteiger partial charge in [0.1, 0.15) is 0 Å². The molecule has 76 valence electrons. The van der Waals surface area contributed by atoms with E-state index in [2.05, 4.69) is 20.9 Å². The number of aromatic nitrogens is 1. The average molecular weight is 260 g/mol. The molecule has 1 aromatic heterocycles. The average Bonchev–Trinajstić information content (AvgIpc) is 2.27. The van der Waals surface area contributed by atoms with Gasteiger partial charge in [-0.15, -0.1) is 0 Å². The van der Waals surface area contributed by atoms with Crippen LogP contribution in [0.5, 0.6) is 11.8 Å². The lowest BCUT2D eigenvalue weighted by molar-refractivity contribution is 0.102. The monoisotopic (exact) mass is 259 g/mol. The second kappa shape index (κ2) is 4.95. The minimum absolute atomic E-state index is 0.0722. The summed E-state index contributed by atoms with van der Waals surface area (Å²) in [5.74, 6) is 0.638. The molecule has 0 fully saturated rings. The van der Waals surface area contributed by atoms with Gasteiger partial charge in [0.2, 0.25) is 11.8 Å². The quantitative estimate of drug-likeness (QED) is 0.610. The number of pyridine rings is 1. The van der Waals surface area contributed by atoms with E-state index in [0.29, 0.717) is 11.4 Å². The highest BCUT2D eigenvalue weighted by Gasteiger charge is 2.12. The number of halogens is 1. The minimum Gasteiger partial charge on any atom is -0.481 e. The molecule has 1 aromatic rings. The maximum Gasteiger partial charge on any atom is 0.227 e. The van der Waals surface area contributed by atoms with Gasteiger partial charge in [-0.3, -0.25) is 4.79 Å². The maximum atomic E-state index is 11.4. The number of hydrogen-bond acceptors (Lipinski definition) is 4. The Balaban J connectivity index is 3.11. The summed E-state index contributed by atoms with van der Waals surface area (Å²) in [7, 11) is 2.97. The Labute approximate surface area is 90.4 Å². The van der Waals surface area contributed by atoms with E-state index in [1.807, 2.05) is 0 Å². The number of ketones is 1. The molecular formula is C9H10BrNO3. The van der Waals surface area contributed by atoms with E-state index in [9.17, 15) is 4.79 Å². The largest absolute Gasteiger partial charge is 0.481 e. The van der Waals surface area contributed by atoms with Crippen molar-refractivity contribution in [3.05, 3.63) is 17.7 Å². The molecule has 0 aliphatic rings. The summed E-state index contributed by atoms with van der Waals surface area (Å²) in [6.45, 7) is 0. The summed E-state index contributed by atoms with van der Waals surface area (Å²) in [5.41, 5.74) is 0.449. The third-order valence-electron chi connectivity index (χ3n) is 1.66. The van der Waals surface area contributed by atoms with E-state index >= 15 is 0 Å². The number of ether oxygens (including phenoxy) is 2. The van der Waals surface area contributed by atoms with Gasteiger partial charge in [0.05, 0.1) is 25.1 Å². The first-order valence-electron chi connectivity index (χ1n) is 3.91. The fourth-order valence-electron chi connectivity index (χ4n) is 0.977. The van der Waals surface area contributed by atoms with Crippen LogP contribution in [0, 0.1) is 0 Å². The van der Waals surface area contributed by atoms with Crippen LogP contribution >= 0.6 is 15.9 Å². The normalized spacial score (nSPS) is 9.64. The van der Waals surface area contributed by atoms with Crippen LogP contribution in [0.1, 0.15) is 10.4 Å². The van der Waals surface area contributed by atoms with Crippen LogP contribution in [-0.2, 0) is 0 Å². The molecule has 0 saturated carbocycles. The molecule has 0 saturated heterocycles. The third kappa shape index (κ3) is 2.23. The van der Waals surface area contributed by atoms with Crippen molar-refractivity contribution in [3.63, 3.8) is 0 Å². The molecule has 0 unspecified atom stereocenters. The lowest BCUT2D eigenvalue weighted by Crippen LogP contribution is -2.05. The maximum absolute atomic E-state index is 11.4. The second-order valence-corrected chi connectivity index (χ2v) is 3.03. The molecule has 0 aliphatic heterocycles. The Bertz CT molecular complexity index is 341. The summed E-state index contributed by atoms with van der Waals surface area (Å²) >= 11 is 3.09. The molecule has 14 heavy (non-hydrogen) atoms. The predicted molar refractivity (Wildman–Crippen MR) is 55.5 cm³/mol. The molecular weight excluding hydrogens is 250 g/mol. The first-order valence-corrected chi connectivity index (χ1v) is 5.03. The van der Waals surface area contributed by atoms with Crippen molar-refractivity contribution in [1.29, 1.82) is 0 Å².